The molecule has 1 heterocycles. The standard InChI is InChI=1S/C11H12IN3/c1-2-9-3-5-10(6-4-9)7-15-8-13-11(12)14-15/h3-6,8H,2,7H2,1H3. The SMILES string of the molecule is CCc1ccc(Cn2cnc(I)n2)cc1. The summed E-state index contributed by atoms with van der Waals surface area (Å²) in [4.78, 5) is 4.09. The maximum absolute atomic E-state index is 4.24. The fraction of sp³-hybridized carbons (Fsp3) is 0.273. The Morgan fingerprint density at radius 3 is 2.40 bits per heavy atom. The van der Waals surface area contributed by atoms with Gasteiger partial charge < -0.3 is 0 Å². The minimum atomic E-state index is 0.790. The zero-order valence-electron chi connectivity index (χ0n) is 8.52. The first-order valence-electron chi connectivity index (χ1n) is 4.90. The summed E-state index contributed by atoms with van der Waals surface area (Å²) in [7, 11) is 0. The molecule has 0 fully saturated rings. The van der Waals surface area contributed by atoms with Crippen molar-refractivity contribution in [1.29, 1.82) is 0 Å². The predicted octanol–water partition coefficient (Wildman–Crippen LogP) is 2.49. The number of hydrogen-bond donors (Lipinski definition) is 0. The first kappa shape index (κ1) is 10.6. The van der Waals surface area contributed by atoms with Crippen molar-refractivity contribution < 1.29 is 0 Å². The van der Waals surface area contributed by atoms with E-state index in [2.05, 4.69) is 63.9 Å². The number of halogens is 1. The lowest BCUT2D eigenvalue weighted by Gasteiger charge is -2.02. The van der Waals surface area contributed by atoms with Gasteiger partial charge in [0.25, 0.3) is 0 Å². The Hall–Kier alpha value is -0.910. The van der Waals surface area contributed by atoms with Crippen LogP contribution in [-0.2, 0) is 13.0 Å². The fourth-order valence-corrected chi connectivity index (χ4v) is 1.82. The molecule has 3 nitrogen and oxygen atoms in total. The summed E-state index contributed by atoms with van der Waals surface area (Å²) in [5, 5.41) is 4.24. The van der Waals surface area contributed by atoms with Crippen molar-refractivity contribution in [2.24, 2.45) is 0 Å². The molecule has 0 atom stereocenters. The van der Waals surface area contributed by atoms with Crippen LogP contribution in [0.5, 0.6) is 0 Å². The lowest BCUT2D eigenvalue weighted by Crippen LogP contribution is -2.00. The molecule has 0 N–H and O–H groups in total. The normalized spacial score (nSPS) is 10.5. The van der Waals surface area contributed by atoms with Crippen LogP contribution < -0.4 is 0 Å². The van der Waals surface area contributed by atoms with E-state index in [0.29, 0.717) is 0 Å². The number of aromatic nitrogens is 3. The average molecular weight is 313 g/mol. The number of nitrogens with zero attached hydrogens (tertiary/aromatic N) is 3. The molecule has 0 amide bonds. The second kappa shape index (κ2) is 4.74. The summed E-state index contributed by atoms with van der Waals surface area (Å²) in [6.45, 7) is 2.95. The molecule has 0 saturated heterocycles. The van der Waals surface area contributed by atoms with E-state index in [1.807, 2.05) is 4.68 Å². The molecule has 1 aromatic carbocycles. The van der Waals surface area contributed by atoms with Crippen molar-refractivity contribution in [2.45, 2.75) is 19.9 Å². The van der Waals surface area contributed by atoms with Gasteiger partial charge >= 0.3 is 0 Å². The third-order valence-electron chi connectivity index (χ3n) is 2.28. The Balaban J connectivity index is 2.11. The fourth-order valence-electron chi connectivity index (χ4n) is 1.42. The molecule has 2 aromatic rings. The summed E-state index contributed by atoms with van der Waals surface area (Å²) < 4.78 is 2.64. The van der Waals surface area contributed by atoms with Gasteiger partial charge in [0.1, 0.15) is 6.33 Å². The quantitative estimate of drug-likeness (QED) is 0.815. The molecule has 0 unspecified atom stereocenters. The van der Waals surface area contributed by atoms with Crippen LogP contribution in [0.25, 0.3) is 0 Å². The second-order valence-corrected chi connectivity index (χ2v) is 4.35. The Morgan fingerprint density at radius 2 is 1.87 bits per heavy atom. The summed E-state index contributed by atoms with van der Waals surface area (Å²) in [5.74, 6) is 0. The molecule has 0 aliphatic rings. The third-order valence-corrected chi connectivity index (χ3v) is 2.78. The molecule has 2 rings (SSSR count). The van der Waals surface area contributed by atoms with Gasteiger partial charge in [-0.2, -0.15) is 0 Å². The molecule has 0 radical (unpaired) electrons. The van der Waals surface area contributed by atoms with Gasteiger partial charge in [0.15, 0.2) is 0 Å². The summed E-state index contributed by atoms with van der Waals surface area (Å²) in [6.07, 6.45) is 2.84. The van der Waals surface area contributed by atoms with Crippen LogP contribution in [0.2, 0.25) is 0 Å². The lowest BCUT2D eigenvalue weighted by atomic mass is 10.1. The maximum Gasteiger partial charge on any atom is 0.211 e. The summed E-state index contributed by atoms with van der Waals surface area (Å²) in [6, 6.07) is 8.62. The highest BCUT2D eigenvalue weighted by Gasteiger charge is 1.98. The summed E-state index contributed by atoms with van der Waals surface area (Å²) in [5.41, 5.74) is 2.63. The van der Waals surface area contributed by atoms with E-state index in [-0.39, 0.29) is 0 Å². The Kier molecular flexibility index (Phi) is 3.35. The Bertz CT molecular complexity index is 433. The monoisotopic (exact) mass is 313 g/mol. The molecule has 1 aromatic heterocycles. The van der Waals surface area contributed by atoms with Gasteiger partial charge in [-0.15, -0.1) is 5.10 Å². The average Bonchev–Trinajstić information content (AvgIpc) is 2.65. The van der Waals surface area contributed by atoms with Gasteiger partial charge in [-0.25, -0.2) is 9.67 Å². The van der Waals surface area contributed by atoms with Crippen molar-refractivity contribution in [2.75, 3.05) is 0 Å². The molecule has 78 valence electrons. The minimum Gasteiger partial charge on any atom is -0.247 e. The van der Waals surface area contributed by atoms with Gasteiger partial charge in [0.2, 0.25) is 3.83 Å². The van der Waals surface area contributed by atoms with Gasteiger partial charge in [-0.05, 0) is 17.5 Å². The highest BCUT2D eigenvalue weighted by molar-refractivity contribution is 14.1. The van der Waals surface area contributed by atoms with Gasteiger partial charge in [0, 0.05) is 22.6 Å². The van der Waals surface area contributed by atoms with Crippen LogP contribution in [0.4, 0.5) is 0 Å². The van der Waals surface area contributed by atoms with E-state index < -0.39 is 0 Å². The van der Waals surface area contributed by atoms with Crippen LogP contribution in [-0.4, -0.2) is 14.8 Å². The van der Waals surface area contributed by atoms with Gasteiger partial charge in [-0.3, -0.25) is 0 Å². The molecule has 0 saturated carbocycles. The molecule has 15 heavy (non-hydrogen) atoms. The van der Waals surface area contributed by atoms with E-state index in [4.69, 9.17) is 0 Å². The largest absolute Gasteiger partial charge is 0.247 e. The number of aryl methyl sites for hydroxylation is 1. The highest BCUT2D eigenvalue weighted by Crippen LogP contribution is 2.06. The molecular formula is C11H12IN3. The van der Waals surface area contributed by atoms with Gasteiger partial charge in [-0.1, -0.05) is 31.2 Å². The topological polar surface area (TPSA) is 30.7 Å². The van der Waals surface area contributed by atoms with Crippen LogP contribution in [0.1, 0.15) is 18.1 Å². The second-order valence-electron chi connectivity index (χ2n) is 3.38. The van der Waals surface area contributed by atoms with E-state index >= 15 is 0 Å². The minimum absolute atomic E-state index is 0.790. The van der Waals surface area contributed by atoms with Crippen LogP contribution in [0, 0.1) is 3.83 Å². The molecule has 0 aliphatic heterocycles. The Morgan fingerprint density at radius 1 is 1.20 bits per heavy atom. The third kappa shape index (κ3) is 2.77. The predicted molar refractivity (Wildman–Crippen MR) is 67.7 cm³/mol. The molecule has 0 spiro atoms. The van der Waals surface area contributed by atoms with Crippen molar-refractivity contribution in [3.05, 3.63) is 45.6 Å². The zero-order valence-corrected chi connectivity index (χ0v) is 10.7. The lowest BCUT2D eigenvalue weighted by molar-refractivity contribution is 0.680. The van der Waals surface area contributed by atoms with E-state index in [0.717, 1.165) is 16.8 Å². The molecular weight excluding hydrogens is 301 g/mol. The molecule has 4 heteroatoms. The number of hydrogen-bond acceptors (Lipinski definition) is 2. The van der Waals surface area contributed by atoms with Crippen molar-refractivity contribution in [3.63, 3.8) is 0 Å². The smallest absolute Gasteiger partial charge is 0.211 e. The van der Waals surface area contributed by atoms with Crippen LogP contribution in [0.3, 0.4) is 0 Å². The van der Waals surface area contributed by atoms with Crippen LogP contribution in [0.15, 0.2) is 30.6 Å². The zero-order chi connectivity index (χ0) is 10.7. The van der Waals surface area contributed by atoms with Crippen molar-refractivity contribution >= 4 is 22.6 Å². The molecule has 0 bridgehead atoms. The summed E-state index contributed by atoms with van der Waals surface area (Å²) >= 11 is 2.11. The number of benzene rings is 1. The first-order valence-corrected chi connectivity index (χ1v) is 5.98. The van der Waals surface area contributed by atoms with Crippen molar-refractivity contribution in [3.8, 4) is 0 Å². The van der Waals surface area contributed by atoms with Crippen LogP contribution >= 0.6 is 22.6 Å². The Labute approximate surface area is 103 Å². The highest BCUT2D eigenvalue weighted by atomic mass is 127. The van der Waals surface area contributed by atoms with E-state index in [1.165, 1.54) is 11.1 Å². The number of rotatable bonds is 3. The van der Waals surface area contributed by atoms with Crippen molar-refractivity contribution in [1.82, 2.24) is 14.8 Å². The molecule has 0 aliphatic carbocycles. The van der Waals surface area contributed by atoms with E-state index in [1.54, 1.807) is 6.33 Å². The van der Waals surface area contributed by atoms with E-state index in [9.17, 15) is 0 Å². The van der Waals surface area contributed by atoms with Gasteiger partial charge in [0.05, 0.1) is 6.54 Å². The maximum atomic E-state index is 4.24. The first-order chi connectivity index (χ1) is 7.28.